The minimum absolute atomic E-state index is 0.232. The van der Waals surface area contributed by atoms with Crippen molar-refractivity contribution in [3.8, 4) is 11.4 Å². The molecule has 0 spiro atoms. The van der Waals surface area contributed by atoms with Gasteiger partial charge in [-0.3, -0.25) is 4.79 Å². The van der Waals surface area contributed by atoms with Crippen LogP contribution in [0.5, 0.6) is 0 Å². The Morgan fingerprint density at radius 3 is 2.38 bits per heavy atom. The quantitative estimate of drug-likeness (QED) is 0.634. The highest BCUT2D eigenvalue weighted by atomic mass is 19.1. The number of hydrogen-bond donors (Lipinski definition) is 1. The van der Waals surface area contributed by atoms with Crippen LogP contribution in [-0.2, 0) is 0 Å². The third-order valence-corrected chi connectivity index (χ3v) is 5.42. The highest BCUT2D eigenvalue weighted by Gasteiger charge is 2.25. The van der Waals surface area contributed by atoms with E-state index in [4.69, 9.17) is 0 Å². The van der Waals surface area contributed by atoms with Crippen LogP contribution in [0.4, 0.5) is 20.3 Å². The minimum Gasteiger partial charge on any atom is -0.366 e. The molecule has 1 aromatic heterocycles. The third kappa shape index (κ3) is 4.69. The molecule has 2 aromatic carbocycles. The van der Waals surface area contributed by atoms with Gasteiger partial charge in [-0.15, -0.1) is 0 Å². The molecule has 1 fully saturated rings. The number of para-hydroxylation sites is 1. The van der Waals surface area contributed by atoms with Gasteiger partial charge in [-0.1, -0.05) is 19.1 Å². The molecule has 0 saturated carbocycles. The first-order valence-electron chi connectivity index (χ1n) is 10.7. The number of amides is 1. The lowest BCUT2D eigenvalue weighted by Crippen LogP contribution is -2.47. The number of halogens is 2. The van der Waals surface area contributed by atoms with Gasteiger partial charge in [0.05, 0.1) is 5.69 Å². The number of rotatable bonds is 6. The van der Waals surface area contributed by atoms with Gasteiger partial charge in [0.1, 0.15) is 23.0 Å². The first-order valence-corrected chi connectivity index (χ1v) is 10.7. The van der Waals surface area contributed by atoms with Crippen molar-refractivity contribution in [2.45, 2.75) is 13.3 Å². The van der Waals surface area contributed by atoms with Gasteiger partial charge >= 0.3 is 0 Å². The number of hydrogen-bond acceptors (Lipinski definition) is 5. The number of carbonyl (C=O) groups excluding carboxylic acids is 1. The summed E-state index contributed by atoms with van der Waals surface area (Å²) in [5.41, 5.74) is 1.63. The van der Waals surface area contributed by atoms with Crippen molar-refractivity contribution in [1.82, 2.24) is 15.3 Å². The van der Waals surface area contributed by atoms with E-state index in [-0.39, 0.29) is 17.5 Å². The average molecular weight is 437 g/mol. The monoisotopic (exact) mass is 437 g/mol. The average Bonchev–Trinajstić information content (AvgIpc) is 2.83. The van der Waals surface area contributed by atoms with Crippen LogP contribution in [0.15, 0.2) is 54.7 Å². The standard InChI is InChI=1S/C24H25F2N5O/c1-2-11-27-24(32)19-16-28-22(17-7-9-18(25)10-8-17)29-23(19)31-14-12-30(13-15-31)21-6-4-3-5-20(21)26/h3-10,16H,2,11-15H2,1H3,(H,27,32). The molecular weight excluding hydrogens is 412 g/mol. The summed E-state index contributed by atoms with van der Waals surface area (Å²) >= 11 is 0. The van der Waals surface area contributed by atoms with Crippen LogP contribution >= 0.6 is 0 Å². The molecule has 1 amide bonds. The predicted molar refractivity (Wildman–Crippen MR) is 121 cm³/mol. The van der Waals surface area contributed by atoms with E-state index < -0.39 is 0 Å². The molecule has 6 nitrogen and oxygen atoms in total. The molecule has 0 bridgehead atoms. The lowest BCUT2D eigenvalue weighted by molar-refractivity contribution is 0.0953. The maximum Gasteiger partial charge on any atom is 0.256 e. The van der Waals surface area contributed by atoms with Gasteiger partial charge in [-0.05, 0) is 42.8 Å². The Balaban J connectivity index is 1.61. The van der Waals surface area contributed by atoms with E-state index in [1.165, 1.54) is 24.4 Å². The van der Waals surface area contributed by atoms with E-state index in [0.29, 0.717) is 61.2 Å². The summed E-state index contributed by atoms with van der Waals surface area (Å²) in [5, 5.41) is 2.88. The fourth-order valence-electron chi connectivity index (χ4n) is 3.71. The van der Waals surface area contributed by atoms with E-state index in [1.54, 1.807) is 24.3 Å². The Bertz CT molecular complexity index is 1080. The molecule has 0 aliphatic carbocycles. The molecule has 3 aromatic rings. The van der Waals surface area contributed by atoms with Crippen molar-refractivity contribution in [3.05, 3.63) is 71.9 Å². The van der Waals surface area contributed by atoms with E-state index in [1.807, 2.05) is 22.8 Å². The van der Waals surface area contributed by atoms with Gasteiger partial charge in [-0.25, -0.2) is 18.7 Å². The molecule has 8 heteroatoms. The number of nitrogens with one attached hydrogen (secondary N) is 1. The SMILES string of the molecule is CCCNC(=O)c1cnc(-c2ccc(F)cc2)nc1N1CCN(c2ccccc2F)CC1. The molecule has 0 atom stereocenters. The van der Waals surface area contributed by atoms with Crippen LogP contribution in [0.25, 0.3) is 11.4 Å². The Kier molecular flexibility index (Phi) is 6.58. The van der Waals surface area contributed by atoms with Crippen LogP contribution in [0.3, 0.4) is 0 Å². The van der Waals surface area contributed by atoms with Crippen molar-refractivity contribution in [1.29, 1.82) is 0 Å². The second kappa shape index (κ2) is 9.72. The third-order valence-electron chi connectivity index (χ3n) is 5.42. The van der Waals surface area contributed by atoms with Crippen molar-refractivity contribution >= 4 is 17.4 Å². The number of nitrogens with zero attached hydrogens (tertiary/aromatic N) is 4. The van der Waals surface area contributed by atoms with Crippen LogP contribution in [-0.4, -0.2) is 48.6 Å². The number of piperazine rings is 1. The zero-order valence-corrected chi connectivity index (χ0v) is 17.9. The van der Waals surface area contributed by atoms with Crippen LogP contribution in [0, 0.1) is 11.6 Å². The first kappa shape index (κ1) is 21.7. The van der Waals surface area contributed by atoms with Crippen LogP contribution in [0.1, 0.15) is 23.7 Å². The van der Waals surface area contributed by atoms with Gasteiger partial charge < -0.3 is 15.1 Å². The first-order chi connectivity index (χ1) is 15.6. The summed E-state index contributed by atoms with van der Waals surface area (Å²) in [6.45, 7) is 4.86. The smallest absolute Gasteiger partial charge is 0.256 e. The highest BCUT2D eigenvalue weighted by Crippen LogP contribution is 2.26. The minimum atomic E-state index is -0.339. The van der Waals surface area contributed by atoms with Gasteiger partial charge in [0.2, 0.25) is 0 Å². The molecule has 4 rings (SSSR count). The second-order valence-electron chi connectivity index (χ2n) is 7.62. The predicted octanol–water partition coefficient (Wildman–Crippen LogP) is 3.89. The number of anilines is 2. The fourth-order valence-corrected chi connectivity index (χ4v) is 3.71. The van der Waals surface area contributed by atoms with Crippen molar-refractivity contribution in [3.63, 3.8) is 0 Å². The lowest BCUT2D eigenvalue weighted by atomic mass is 10.1. The van der Waals surface area contributed by atoms with Gasteiger partial charge in [0, 0.05) is 44.5 Å². The maximum absolute atomic E-state index is 14.2. The Labute approximate surface area is 185 Å². The molecule has 166 valence electrons. The molecule has 1 saturated heterocycles. The van der Waals surface area contributed by atoms with Crippen molar-refractivity contribution in [2.75, 3.05) is 42.5 Å². The van der Waals surface area contributed by atoms with Gasteiger partial charge in [0.15, 0.2) is 5.82 Å². The van der Waals surface area contributed by atoms with E-state index in [0.717, 1.165) is 6.42 Å². The zero-order valence-electron chi connectivity index (χ0n) is 17.9. The summed E-state index contributed by atoms with van der Waals surface area (Å²) in [6, 6.07) is 12.7. The van der Waals surface area contributed by atoms with Crippen LogP contribution in [0.2, 0.25) is 0 Å². The fraction of sp³-hybridized carbons (Fsp3) is 0.292. The number of carbonyl (C=O) groups is 1. The normalized spacial score (nSPS) is 13.8. The topological polar surface area (TPSA) is 61.4 Å². The largest absolute Gasteiger partial charge is 0.366 e. The highest BCUT2D eigenvalue weighted by molar-refractivity contribution is 5.99. The van der Waals surface area contributed by atoms with E-state index >= 15 is 0 Å². The summed E-state index contributed by atoms with van der Waals surface area (Å²) in [5.74, 6) is 0.128. The Hall–Kier alpha value is -3.55. The Morgan fingerprint density at radius 1 is 1.00 bits per heavy atom. The van der Waals surface area contributed by atoms with Crippen molar-refractivity contribution in [2.24, 2.45) is 0 Å². The number of aromatic nitrogens is 2. The lowest BCUT2D eigenvalue weighted by Gasteiger charge is -2.37. The Morgan fingerprint density at radius 2 is 1.69 bits per heavy atom. The second-order valence-corrected chi connectivity index (χ2v) is 7.62. The summed E-state index contributed by atoms with van der Waals surface area (Å²) in [7, 11) is 0. The summed E-state index contributed by atoms with van der Waals surface area (Å²) in [4.78, 5) is 25.8. The molecule has 32 heavy (non-hydrogen) atoms. The summed E-state index contributed by atoms with van der Waals surface area (Å²) < 4.78 is 27.5. The molecule has 1 aliphatic heterocycles. The summed E-state index contributed by atoms with van der Waals surface area (Å²) in [6.07, 6.45) is 2.34. The van der Waals surface area contributed by atoms with E-state index in [2.05, 4.69) is 15.3 Å². The molecule has 0 radical (unpaired) electrons. The molecule has 1 N–H and O–H groups in total. The van der Waals surface area contributed by atoms with Crippen LogP contribution < -0.4 is 15.1 Å². The maximum atomic E-state index is 14.2. The molecular formula is C24H25F2N5O. The molecule has 2 heterocycles. The molecule has 1 aliphatic rings. The zero-order chi connectivity index (χ0) is 22.5. The number of benzene rings is 2. The van der Waals surface area contributed by atoms with Gasteiger partial charge in [0.25, 0.3) is 5.91 Å². The molecule has 0 unspecified atom stereocenters. The van der Waals surface area contributed by atoms with E-state index in [9.17, 15) is 13.6 Å². The van der Waals surface area contributed by atoms with Crippen molar-refractivity contribution < 1.29 is 13.6 Å². The van der Waals surface area contributed by atoms with Gasteiger partial charge in [-0.2, -0.15) is 0 Å².